The SMILES string of the molecule is On1c2nc3nc(nc4[n-]c(nc5nc(nc1c1cc6ccccc6cc12)-c1cc2ccccc2cc1-5)c1cc2ccccc2cc41)-c1cc2ccccc2cc1-3.[V]. The number of hydrogen-bond acceptors (Lipinski definition) is 7. The van der Waals surface area contributed by atoms with Crippen LogP contribution in [0.3, 0.4) is 0 Å². The van der Waals surface area contributed by atoms with Crippen LogP contribution in [0.4, 0.5) is 0 Å². The number of nitrogens with zero attached hydrogens (tertiary/aromatic N) is 8. The Morgan fingerprint density at radius 1 is 0.345 bits per heavy atom. The van der Waals surface area contributed by atoms with E-state index in [1.54, 1.807) is 0 Å². The van der Waals surface area contributed by atoms with Gasteiger partial charge in [0.15, 0.2) is 22.9 Å². The summed E-state index contributed by atoms with van der Waals surface area (Å²) < 4.78 is 1.07. The van der Waals surface area contributed by atoms with Crippen molar-refractivity contribution < 1.29 is 23.8 Å². The number of aromatic nitrogens is 8. The summed E-state index contributed by atoms with van der Waals surface area (Å²) >= 11 is 0. The zero-order chi connectivity index (χ0) is 37.4. The van der Waals surface area contributed by atoms with Crippen molar-refractivity contribution in [2.75, 3.05) is 0 Å². The van der Waals surface area contributed by atoms with Crippen molar-refractivity contribution >= 4 is 87.2 Å². The molecule has 1 N–H and O–H groups in total. The molecule has 8 bridgehead atoms. The van der Waals surface area contributed by atoms with Gasteiger partial charge in [0.2, 0.25) is 0 Å². The van der Waals surface area contributed by atoms with E-state index in [9.17, 15) is 5.21 Å². The van der Waals surface area contributed by atoms with Crippen molar-refractivity contribution in [3.05, 3.63) is 146 Å². The van der Waals surface area contributed by atoms with E-state index in [0.717, 1.165) is 91.6 Å². The second-order valence-corrected chi connectivity index (χ2v) is 14.7. The monoisotopic (exact) mass is 780 g/mol. The second-order valence-electron chi connectivity index (χ2n) is 14.7. The maximum Gasteiger partial charge on any atom is 0.180 e. The average Bonchev–Trinajstić information content (AvgIpc) is 3.94. The Hall–Kier alpha value is -7.46. The quantitative estimate of drug-likeness (QED) is 0.151. The first-order valence-corrected chi connectivity index (χ1v) is 18.7. The molecule has 0 atom stereocenters. The minimum absolute atomic E-state index is 0. The minimum atomic E-state index is 0. The molecule has 0 saturated heterocycles. The molecule has 0 aliphatic carbocycles. The summed E-state index contributed by atoms with van der Waals surface area (Å²) in [4.78, 5) is 36.1. The summed E-state index contributed by atoms with van der Waals surface area (Å²) in [6.07, 6.45) is 0. The molecule has 8 aromatic carbocycles. The molecule has 13 rings (SSSR count). The molecule has 1 radical (unpaired) electrons. The largest absolute Gasteiger partial charge is 0.425 e. The molecular formula is C48H25N8OV-. The molecule has 0 spiro atoms. The van der Waals surface area contributed by atoms with Crippen LogP contribution in [-0.2, 0) is 18.6 Å². The average molecular weight is 781 g/mol. The molecule has 3 aromatic heterocycles. The summed E-state index contributed by atoms with van der Waals surface area (Å²) in [5.41, 5.74) is 4.85. The molecule has 0 unspecified atom stereocenters. The Balaban J connectivity index is 0.00000366. The third kappa shape index (κ3) is 4.72. The van der Waals surface area contributed by atoms with E-state index < -0.39 is 0 Å². The molecule has 5 heterocycles. The van der Waals surface area contributed by atoms with Crippen molar-refractivity contribution in [2.45, 2.75) is 0 Å². The van der Waals surface area contributed by atoms with Crippen LogP contribution in [-0.4, -0.2) is 39.8 Å². The van der Waals surface area contributed by atoms with E-state index in [2.05, 4.69) is 84.9 Å². The zero-order valence-corrected chi connectivity index (χ0v) is 31.7. The van der Waals surface area contributed by atoms with Gasteiger partial charge < -0.3 is 20.2 Å². The first-order chi connectivity index (χ1) is 28.1. The molecule has 58 heavy (non-hydrogen) atoms. The minimum Gasteiger partial charge on any atom is -0.425 e. The van der Waals surface area contributed by atoms with Crippen LogP contribution >= 0.6 is 0 Å². The summed E-state index contributed by atoms with van der Waals surface area (Å²) in [5, 5.41) is 23.7. The van der Waals surface area contributed by atoms with Crippen molar-refractivity contribution in [1.29, 1.82) is 0 Å². The van der Waals surface area contributed by atoms with Gasteiger partial charge >= 0.3 is 0 Å². The molecule has 11 aromatic rings. The van der Waals surface area contributed by atoms with Crippen molar-refractivity contribution in [3.63, 3.8) is 0 Å². The zero-order valence-electron chi connectivity index (χ0n) is 30.3. The van der Waals surface area contributed by atoms with Gasteiger partial charge in [-0.1, -0.05) is 97.1 Å². The molecule has 9 nitrogen and oxygen atoms in total. The van der Waals surface area contributed by atoms with Gasteiger partial charge in [0.1, 0.15) is 0 Å². The summed E-state index contributed by atoms with van der Waals surface area (Å²) in [6.45, 7) is 0. The topological polar surface area (TPSA) is 117 Å². The molecule has 0 amide bonds. The number of benzene rings is 8. The van der Waals surface area contributed by atoms with E-state index in [1.165, 1.54) is 0 Å². The van der Waals surface area contributed by atoms with Gasteiger partial charge in [0, 0.05) is 62.9 Å². The number of hydrogen-bond donors (Lipinski definition) is 1. The van der Waals surface area contributed by atoms with E-state index in [1.807, 2.05) is 60.7 Å². The summed E-state index contributed by atoms with van der Waals surface area (Å²) in [6, 6.07) is 49.5. The Bertz CT molecular complexity index is 3560. The van der Waals surface area contributed by atoms with E-state index in [-0.39, 0.29) is 18.6 Å². The molecule has 0 saturated carbocycles. The van der Waals surface area contributed by atoms with Gasteiger partial charge in [-0.25, -0.2) is 19.9 Å². The number of rotatable bonds is 0. The molecule has 10 heteroatoms. The van der Waals surface area contributed by atoms with Crippen molar-refractivity contribution in [3.8, 4) is 45.6 Å². The second kappa shape index (κ2) is 12.0. The Kier molecular flexibility index (Phi) is 6.79. The normalized spacial score (nSPS) is 12.1. The van der Waals surface area contributed by atoms with E-state index in [0.29, 0.717) is 45.9 Å². The van der Waals surface area contributed by atoms with E-state index in [4.69, 9.17) is 34.9 Å². The first-order valence-electron chi connectivity index (χ1n) is 18.7. The first kappa shape index (κ1) is 32.8. The Morgan fingerprint density at radius 2 is 0.621 bits per heavy atom. The fourth-order valence-corrected chi connectivity index (χ4v) is 8.56. The number of fused-ring (bicyclic) bond motifs is 24. The molecule has 0 fully saturated rings. The standard InChI is InChI=1S/C48H25N8O.V/c57-56-47-39-23-31-15-7-8-16-32(31)24-40(39)48(56)55-46-38-22-30-14-6-4-12-28(30)20-36(38)44(53-46)51-42-34-18-26-10-2-1-9-25(26)17-33(34)41(49-42)50-43-35-19-27-11-3-5-13-29(27)21-37(35)45(52-43)54-47;/h1-24,57H;/q-1;. The fourth-order valence-electron chi connectivity index (χ4n) is 8.56. The van der Waals surface area contributed by atoms with Crippen molar-refractivity contribution in [1.82, 2.24) is 39.6 Å². The predicted octanol–water partition coefficient (Wildman–Crippen LogP) is 10.8. The van der Waals surface area contributed by atoms with Gasteiger partial charge in [-0.3, -0.25) is 0 Å². The summed E-state index contributed by atoms with van der Waals surface area (Å²) in [7, 11) is 0. The van der Waals surface area contributed by atoms with Crippen LogP contribution in [0.25, 0.3) is 133 Å². The third-order valence-electron chi connectivity index (χ3n) is 11.4. The fraction of sp³-hybridized carbons (Fsp3) is 0. The molecule has 2 aliphatic rings. The van der Waals surface area contributed by atoms with Gasteiger partial charge in [0.25, 0.3) is 0 Å². The molecular weight excluding hydrogens is 756 g/mol. The van der Waals surface area contributed by atoms with Crippen LogP contribution in [0.15, 0.2) is 146 Å². The van der Waals surface area contributed by atoms with Gasteiger partial charge in [-0.15, -0.1) is 4.73 Å². The molecule has 2 aliphatic heterocycles. The molecule has 269 valence electrons. The van der Waals surface area contributed by atoms with Gasteiger partial charge in [-0.05, 0) is 102 Å². The Morgan fingerprint density at radius 3 is 0.948 bits per heavy atom. The smallest absolute Gasteiger partial charge is 0.180 e. The van der Waals surface area contributed by atoms with Crippen LogP contribution < -0.4 is 4.98 Å². The maximum absolute atomic E-state index is 12.2. The maximum atomic E-state index is 12.2. The Labute approximate surface area is 340 Å². The van der Waals surface area contributed by atoms with Gasteiger partial charge in [0.05, 0.1) is 11.6 Å². The van der Waals surface area contributed by atoms with Gasteiger partial charge in [-0.2, -0.15) is 0 Å². The third-order valence-corrected chi connectivity index (χ3v) is 11.4. The van der Waals surface area contributed by atoms with Crippen LogP contribution in [0.5, 0.6) is 0 Å². The predicted molar refractivity (Wildman–Crippen MR) is 226 cm³/mol. The van der Waals surface area contributed by atoms with Crippen LogP contribution in [0.2, 0.25) is 0 Å². The van der Waals surface area contributed by atoms with E-state index >= 15 is 0 Å². The van der Waals surface area contributed by atoms with Crippen LogP contribution in [0.1, 0.15) is 0 Å². The van der Waals surface area contributed by atoms with Crippen LogP contribution in [0, 0.1) is 0 Å². The van der Waals surface area contributed by atoms with Crippen molar-refractivity contribution in [2.24, 2.45) is 0 Å². The summed E-state index contributed by atoms with van der Waals surface area (Å²) in [5.74, 6) is 1.80.